The van der Waals surface area contributed by atoms with Gasteiger partial charge in [-0.15, -0.1) is 0 Å². The van der Waals surface area contributed by atoms with Gasteiger partial charge >= 0.3 is 6.03 Å². The van der Waals surface area contributed by atoms with Crippen LogP contribution in [0.25, 0.3) is 10.8 Å². The smallest absolute Gasteiger partial charge is 0.320 e. The summed E-state index contributed by atoms with van der Waals surface area (Å²) in [5, 5.41) is 12.5. The Morgan fingerprint density at radius 2 is 1.75 bits per heavy atom. The molecule has 2 aromatic rings. The van der Waals surface area contributed by atoms with E-state index in [1.807, 2.05) is 4.90 Å². The van der Waals surface area contributed by atoms with Gasteiger partial charge in [0.25, 0.3) is 5.91 Å². The molecule has 172 valence electrons. The molecule has 0 bridgehead atoms. The molecule has 2 aliphatic heterocycles. The molecule has 0 radical (unpaired) electrons. The summed E-state index contributed by atoms with van der Waals surface area (Å²) in [6, 6.07) is 9.84. The SMILES string of the molecule is CN1CCN(C2CCN(C(=O)[C@H](O)CS(=O)(=O)c3ccc4cc(Cl)ccc4c3)CC2)C1=O. The van der Waals surface area contributed by atoms with Gasteiger partial charge in [0.1, 0.15) is 6.10 Å². The molecule has 2 aliphatic rings. The van der Waals surface area contributed by atoms with Gasteiger partial charge in [0, 0.05) is 44.3 Å². The van der Waals surface area contributed by atoms with Crippen molar-refractivity contribution in [3.8, 4) is 0 Å². The Kier molecular flexibility index (Phi) is 6.33. The van der Waals surface area contributed by atoms with E-state index >= 15 is 0 Å². The number of fused-ring (bicyclic) bond motifs is 1. The number of nitrogens with zero attached hydrogens (tertiary/aromatic N) is 3. The zero-order chi connectivity index (χ0) is 23.0. The highest BCUT2D eigenvalue weighted by molar-refractivity contribution is 7.91. The molecule has 3 amide bonds. The summed E-state index contributed by atoms with van der Waals surface area (Å²) in [6.07, 6.45) is -0.423. The number of hydrogen-bond acceptors (Lipinski definition) is 5. The fourth-order valence-corrected chi connectivity index (χ4v) is 5.89. The van der Waals surface area contributed by atoms with Gasteiger partial charge in [-0.05, 0) is 47.9 Å². The van der Waals surface area contributed by atoms with Crippen LogP contribution in [0, 0.1) is 0 Å². The minimum Gasteiger partial charge on any atom is -0.382 e. The number of amides is 3. The van der Waals surface area contributed by atoms with Crippen molar-refractivity contribution in [2.24, 2.45) is 0 Å². The summed E-state index contributed by atoms with van der Waals surface area (Å²) in [7, 11) is -2.10. The Morgan fingerprint density at radius 3 is 2.41 bits per heavy atom. The number of halogens is 1. The quantitative estimate of drug-likeness (QED) is 0.707. The van der Waals surface area contributed by atoms with E-state index in [1.165, 1.54) is 17.0 Å². The van der Waals surface area contributed by atoms with Gasteiger partial charge < -0.3 is 19.8 Å². The van der Waals surface area contributed by atoms with Crippen molar-refractivity contribution >= 4 is 44.1 Å². The molecule has 8 nitrogen and oxygen atoms in total. The van der Waals surface area contributed by atoms with Crippen LogP contribution in [0.5, 0.6) is 0 Å². The standard InChI is InChI=1S/C22H26ClN3O5S/c1-24-10-11-26(22(24)29)18-6-8-25(9-7-18)21(28)20(27)14-32(30,31)19-5-3-15-12-17(23)4-2-16(15)13-19/h2-5,12-13,18,20,27H,6-11,14H2,1H3/t20-/m1/s1. The molecule has 2 aromatic carbocycles. The van der Waals surface area contributed by atoms with Crippen molar-refractivity contribution in [3.63, 3.8) is 0 Å². The third-order valence-corrected chi connectivity index (χ3v) is 8.22. The Bertz CT molecular complexity index is 1150. The van der Waals surface area contributed by atoms with E-state index in [1.54, 1.807) is 36.2 Å². The van der Waals surface area contributed by atoms with Crippen LogP contribution in [-0.2, 0) is 14.6 Å². The van der Waals surface area contributed by atoms with Crippen molar-refractivity contribution in [2.75, 3.05) is 39.0 Å². The first-order valence-corrected chi connectivity index (χ1v) is 12.6. The van der Waals surface area contributed by atoms with Crippen LogP contribution in [0.2, 0.25) is 5.02 Å². The average molecular weight is 480 g/mol. The molecular formula is C22H26ClN3O5S. The highest BCUT2D eigenvalue weighted by Crippen LogP contribution is 2.25. The molecule has 0 unspecified atom stereocenters. The second kappa shape index (κ2) is 8.88. The average Bonchev–Trinajstić information content (AvgIpc) is 3.11. The topological polar surface area (TPSA) is 98.2 Å². The van der Waals surface area contributed by atoms with Crippen LogP contribution in [0.15, 0.2) is 41.3 Å². The minimum absolute atomic E-state index is 0.00133. The maximum absolute atomic E-state index is 12.8. The lowest BCUT2D eigenvalue weighted by Gasteiger charge is -2.37. The third-order valence-electron chi connectivity index (χ3n) is 6.26. The molecule has 2 saturated heterocycles. The number of aliphatic hydroxyl groups excluding tert-OH is 1. The van der Waals surface area contributed by atoms with Gasteiger partial charge in [0.05, 0.1) is 10.6 Å². The number of sulfone groups is 1. The first-order valence-electron chi connectivity index (χ1n) is 10.6. The molecule has 1 atom stereocenters. The molecule has 2 heterocycles. The summed E-state index contributed by atoms with van der Waals surface area (Å²) < 4.78 is 25.7. The Balaban J connectivity index is 1.38. The van der Waals surface area contributed by atoms with Crippen molar-refractivity contribution in [3.05, 3.63) is 41.4 Å². The van der Waals surface area contributed by atoms with Gasteiger partial charge in [-0.1, -0.05) is 23.7 Å². The number of rotatable bonds is 5. The Hall–Kier alpha value is -2.36. The molecule has 0 spiro atoms. The lowest BCUT2D eigenvalue weighted by Crippen LogP contribution is -2.50. The summed E-state index contributed by atoms with van der Waals surface area (Å²) in [5.41, 5.74) is 0. The highest BCUT2D eigenvalue weighted by atomic mass is 35.5. The number of aliphatic hydroxyl groups is 1. The normalized spacial score (nSPS) is 19.1. The lowest BCUT2D eigenvalue weighted by atomic mass is 10.0. The summed E-state index contributed by atoms with van der Waals surface area (Å²) in [4.78, 5) is 29.9. The number of likely N-dealkylation sites (tertiary alicyclic amines) is 1. The molecule has 32 heavy (non-hydrogen) atoms. The zero-order valence-corrected chi connectivity index (χ0v) is 19.3. The number of benzene rings is 2. The monoisotopic (exact) mass is 479 g/mol. The summed E-state index contributed by atoms with van der Waals surface area (Å²) in [6.45, 7) is 2.12. The summed E-state index contributed by atoms with van der Waals surface area (Å²) in [5.74, 6) is -1.27. The van der Waals surface area contributed by atoms with Crippen molar-refractivity contribution < 1.29 is 23.1 Å². The lowest BCUT2D eigenvalue weighted by molar-refractivity contribution is -0.140. The maximum Gasteiger partial charge on any atom is 0.320 e. The molecule has 2 fully saturated rings. The van der Waals surface area contributed by atoms with Gasteiger partial charge in [0.2, 0.25) is 0 Å². The van der Waals surface area contributed by atoms with Crippen LogP contribution in [0.3, 0.4) is 0 Å². The maximum atomic E-state index is 12.8. The van der Waals surface area contributed by atoms with Crippen molar-refractivity contribution in [2.45, 2.75) is 29.9 Å². The van der Waals surface area contributed by atoms with Crippen molar-refractivity contribution in [1.82, 2.24) is 14.7 Å². The molecule has 4 rings (SSSR count). The molecule has 0 aliphatic carbocycles. The Labute approximate surface area is 192 Å². The van der Waals surface area contributed by atoms with Crippen LogP contribution in [0.1, 0.15) is 12.8 Å². The van der Waals surface area contributed by atoms with E-state index in [0.29, 0.717) is 49.4 Å². The van der Waals surface area contributed by atoms with E-state index in [-0.39, 0.29) is 17.0 Å². The number of carbonyl (C=O) groups excluding carboxylic acids is 2. The van der Waals surface area contributed by atoms with Gasteiger partial charge in [0.15, 0.2) is 9.84 Å². The first kappa shape index (κ1) is 22.8. The molecular weight excluding hydrogens is 454 g/mol. The second-order valence-electron chi connectivity index (χ2n) is 8.40. The Morgan fingerprint density at radius 1 is 1.09 bits per heavy atom. The highest BCUT2D eigenvalue weighted by Gasteiger charge is 2.36. The fraction of sp³-hybridized carbons (Fsp3) is 0.455. The third kappa shape index (κ3) is 4.55. The van der Waals surface area contributed by atoms with Crippen molar-refractivity contribution in [1.29, 1.82) is 0 Å². The largest absolute Gasteiger partial charge is 0.382 e. The second-order valence-corrected chi connectivity index (χ2v) is 10.9. The van der Waals surface area contributed by atoms with E-state index in [9.17, 15) is 23.1 Å². The number of carbonyl (C=O) groups is 2. The van der Waals surface area contributed by atoms with Crippen LogP contribution >= 0.6 is 11.6 Å². The van der Waals surface area contributed by atoms with E-state index < -0.39 is 27.6 Å². The fourth-order valence-electron chi connectivity index (χ4n) is 4.38. The zero-order valence-electron chi connectivity index (χ0n) is 17.8. The van der Waals surface area contributed by atoms with E-state index in [4.69, 9.17) is 11.6 Å². The number of urea groups is 1. The van der Waals surface area contributed by atoms with Crippen LogP contribution in [0.4, 0.5) is 4.79 Å². The van der Waals surface area contributed by atoms with Gasteiger partial charge in [-0.25, -0.2) is 13.2 Å². The van der Waals surface area contributed by atoms with Gasteiger partial charge in [-0.3, -0.25) is 4.79 Å². The number of likely N-dealkylation sites (N-methyl/N-ethyl adjacent to an activating group) is 1. The van der Waals surface area contributed by atoms with Crippen LogP contribution in [-0.4, -0.2) is 91.3 Å². The summed E-state index contributed by atoms with van der Waals surface area (Å²) >= 11 is 5.97. The molecule has 1 N–H and O–H groups in total. The number of hydrogen-bond donors (Lipinski definition) is 1. The van der Waals surface area contributed by atoms with Crippen LogP contribution < -0.4 is 0 Å². The number of piperidine rings is 1. The molecule has 10 heteroatoms. The predicted molar refractivity (Wildman–Crippen MR) is 121 cm³/mol. The minimum atomic E-state index is -3.87. The van der Waals surface area contributed by atoms with Gasteiger partial charge in [-0.2, -0.15) is 0 Å². The first-order chi connectivity index (χ1) is 15.2. The predicted octanol–water partition coefficient (Wildman–Crippen LogP) is 1.99. The molecule has 0 aromatic heterocycles. The molecule has 0 saturated carbocycles. The van der Waals surface area contributed by atoms with E-state index in [0.717, 1.165) is 5.39 Å². The van der Waals surface area contributed by atoms with E-state index in [2.05, 4.69) is 0 Å².